The molecule has 0 radical (unpaired) electrons. The van der Waals surface area contributed by atoms with Gasteiger partial charge in [0.2, 0.25) is 0 Å². The summed E-state index contributed by atoms with van der Waals surface area (Å²) in [5.41, 5.74) is 2.29. The van der Waals surface area contributed by atoms with Crippen molar-refractivity contribution in [3.63, 3.8) is 0 Å². The van der Waals surface area contributed by atoms with E-state index in [4.69, 9.17) is 9.47 Å². The predicted octanol–water partition coefficient (Wildman–Crippen LogP) is 4.26. The molecule has 4 nitrogen and oxygen atoms in total. The summed E-state index contributed by atoms with van der Waals surface area (Å²) in [6.45, 7) is 2.86. The van der Waals surface area contributed by atoms with Gasteiger partial charge in [0, 0.05) is 21.8 Å². The maximum absolute atomic E-state index is 12.3. The fourth-order valence-electron chi connectivity index (χ4n) is 2.23. The van der Waals surface area contributed by atoms with Gasteiger partial charge >= 0.3 is 0 Å². The van der Waals surface area contributed by atoms with E-state index >= 15 is 0 Å². The fraction of sp³-hybridized carbons (Fsp3) is 0.167. The van der Waals surface area contributed by atoms with Crippen LogP contribution in [0.15, 0.2) is 52.5 Å². The maximum atomic E-state index is 12.3. The number of halogens is 1. The zero-order valence-corrected chi connectivity index (χ0v) is 14.2. The number of rotatable bonds is 3. The van der Waals surface area contributed by atoms with Crippen LogP contribution in [-0.4, -0.2) is 19.1 Å². The van der Waals surface area contributed by atoms with E-state index < -0.39 is 0 Å². The smallest absolute Gasteiger partial charge is 0.251 e. The SMILES string of the molecule is CC(=Cc1ccc(Br)cc1)C(=O)Nc1ccc2c(c1)OCCO2. The van der Waals surface area contributed by atoms with E-state index in [1.165, 1.54) is 0 Å². The normalized spacial score (nSPS) is 13.6. The molecule has 0 aliphatic carbocycles. The second kappa shape index (κ2) is 6.87. The summed E-state index contributed by atoms with van der Waals surface area (Å²) in [4.78, 5) is 12.3. The van der Waals surface area contributed by atoms with Gasteiger partial charge in [0.25, 0.3) is 5.91 Å². The maximum Gasteiger partial charge on any atom is 0.251 e. The van der Waals surface area contributed by atoms with Crippen molar-refractivity contribution in [1.29, 1.82) is 0 Å². The van der Waals surface area contributed by atoms with Crippen molar-refractivity contribution < 1.29 is 14.3 Å². The molecule has 0 saturated carbocycles. The highest BCUT2D eigenvalue weighted by Gasteiger charge is 2.13. The zero-order chi connectivity index (χ0) is 16.2. The Bertz CT molecular complexity index is 753. The monoisotopic (exact) mass is 373 g/mol. The highest BCUT2D eigenvalue weighted by atomic mass is 79.9. The van der Waals surface area contributed by atoms with Crippen LogP contribution in [0.4, 0.5) is 5.69 Å². The minimum absolute atomic E-state index is 0.149. The van der Waals surface area contributed by atoms with Crippen LogP contribution in [0.5, 0.6) is 11.5 Å². The Labute approximate surface area is 143 Å². The first kappa shape index (κ1) is 15.6. The van der Waals surface area contributed by atoms with Gasteiger partial charge < -0.3 is 14.8 Å². The molecule has 0 bridgehead atoms. The van der Waals surface area contributed by atoms with Crippen LogP contribution in [0.1, 0.15) is 12.5 Å². The number of anilines is 1. The van der Waals surface area contributed by atoms with Gasteiger partial charge in [0.1, 0.15) is 13.2 Å². The van der Waals surface area contributed by atoms with Gasteiger partial charge in [-0.1, -0.05) is 28.1 Å². The molecule has 2 aromatic rings. The summed E-state index contributed by atoms with van der Waals surface area (Å²) in [6, 6.07) is 13.2. The van der Waals surface area contributed by atoms with Gasteiger partial charge in [-0.2, -0.15) is 0 Å². The third-order valence-corrected chi connectivity index (χ3v) is 3.94. The summed E-state index contributed by atoms with van der Waals surface area (Å²) >= 11 is 3.39. The van der Waals surface area contributed by atoms with E-state index in [-0.39, 0.29) is 5.91 Å². The van der Waals surface area contributed by atoms with Crippen molar-refractivity contribution in [2.75, 3.05) is 18.5 Å². The van der Waals surface area contributed by atoms with E-state index in [1.807, 2.05) is 30.3 Å². The molecule has 1 heterocycles. The lowest BCUT2D eigenvalue weighted by atomic mass is 10.1. The number of benzene rings is 2. The highest BCUT2D eigenvalue weighted by molar-refractivity contribution is 9.10. The van der Waals surface area contributed by atoms with Gasteiger partial charge in [-0.15, -0.1) is 0 Å². The zero-order valence-electron chi connectivity index (χ0n) is 12.6. The molecule has 0 fully saturated rings. The van der Waals surface area contributed by atoms with E-state index in [2.05, 4.69) is 21.2 Å². The van der Waals surface area contributed by atoms with Crippen molar-refractivity contribution in [1.82, 2.24) is 0 Å². The number of fused-ring (bicyclic) bond motifs is 1. The Hall–Kier alpha value is -2.27. The second-order valence-electron chi connectivity index (χ2n) is 5.19. The molecule has 118 valence electrons. The fourth-order valence-corrected chi connectivity index (χ4v) is 2.49. The predicted molar refractivity (Wildman–Crippen MR) is 93.9 cm³/mol. The molecule has 2 aromatic carbocycles. The van der Waals surface area contributed by atoms with Gasteiger partial charge in [-0.05, 0) is 42.8 Å². The molecule has 3 rings (SSSR count). The number of carbonyl (C=O) groups is 1. The van der Waals surface area contributed by atoms with E-state index in [9.17, 15) is 4.79 Å². The Morgan fingerprint density at radius 3 is 2.52 bits per heavy atom. The highest BCUT2D eigenvalue weighted by Crippen LogP contribution is 2.32. The van der Waals surface area contributed by atoms with Crippen LogP contribution in [0.2, 0.25) is 0 Å². The van der Waals surface area contributed by atoms with Crippen molar-refractivity contribution in [2.24, 2.45) is 0 Å². The molecule has 1 amide bonds. The lowest BCUT2D eigenvalue weighted by Gasteiger charge is -2.19. The van der Waals surface area contributed by atoms with Gasteiger partial charge in [-0.25, -0.2) is 0 Å². The van der Waals surface area contributed by atoms with Crippen molar-refractivity contribution >= 4 is 33.6 Å². The summed E-state index contributed by atoms with van der Waals surface area (Å²) in [7, 11) is 0. The van der Waals surface area contributed by atoms with Crippen molar-refractivity contribution in [2.45, 2.75) is 6.92 Å². The number of ether oxygens (including phenoxy) is 2. The summed E-state index contributed by atoms with van der Waals surface area (Å²) < 4.78 is 12.0. The quantitative estimate of drug-likeness (QED) is 0.817. The van der Waals surface area contributed by atoms with Gasteiger partial charge in [0.15, 0.2) is 11.5 Å². The number of amides is 1. The Balaban J connectivity index is 1.72. The molecule has 0 unspecified atom stereocenters. The van der Waals surface area contributed by atoms with E-state index in [1.54, 1.807) is 25.1 Å². The molecule has 23 heavy (non-hydrogen) atoms. The molecule has 0 aromatic heterocycles. The van der Waals surface area contributed by atoms with Crippen LogP contribution in [0.3, 0.4) is 0 Å². The first-order valence-electron chi connectivity index (χ1n) is 7.27. The van der Waals surface area contributed by atoms with Crippen LogP contribution < -0.4 is 14.8 Å². The molecule has 0 atom stereocenters. The lowest BCUT2D eigenvalue weighted by molar-refractivity contribution is -0.112. The third-order valence-electron chi connectivity index (χ3n) is 3.41. The average Bonchev–Trinajstić information content (AvgIpc) is 2.56. The molecule has 0 spiro atoms. The largest absolute Gasteiger partial charge is 0.486 e. The van der Waals surface area contributed by atoms with Crippen molar-refractivity contribution in [3.05, 3.63) is 58.1 Å². The standard InChI is InChI=1S/C18H16BrNO3/c1-12(10-13-2-4-14(19)5-3-13)18(21)20-15-6-7-16-17(11-15)23-9-8-22-16/h2-7,10-11H,8-9H2,1H3,(H,20,21). The summed E-state index contributed by atoms with van der Waals surface area (Å²) in [5, 5.41) is 2.87. The minimum atomic E-state index is -0.149. The Kier molecular flexibility index (Phi) is 4.67. The lowest BCUT2D eigenvalue weighted by Crippen LogP contribution is -2.16. The molecule has 0 saturated heterocycles. The topological polar surface area (TPSA) is 47.6 Å². The van der Waals surface area contributed by atoms with E-state index in [0.717, 1.165) is 10.0 Å². The molecule has 1 aliphatic rings. The summed E-state index contributed by atoms with van der Waals surface area (Å²) in [5.74, 6) is 1.21. The number of hydrogen-bond acceptors (Lipinski definition) is 3. The van der Waals surface area contributed by atoms with Crippen LogP contribution in [-0.2, 0) is 4.79 Å². The Morgan fingerprint density at radius 2 is 1.78 bits per heavy atom. The molecule has 1 N–H and O–H groups in total. The second-order valence-corrected chi connectivity index (χ2v) is 6.11. The first-order chi connectivity index (χ1) is 11.1. The Morgan fingerprint density at radius 1 is 1.09 bits per heavy atom. The molecule has 1 aliphatic heterocycles. The number of nitrogens with one attached hydrogen (secondary N) is 1. The van der Waals surface area contributed by atoms with Crippen LogP contribution in [0.25, 0.3) is 6.08 Å². The van der Waals surface area contributed by atoms with Crippen LogP contribution in [0, 0.1) is 0 Å². The minimum Gasteiger partial charge on any atom is -0.486 e. The molecular formula is C18H16BrNO3. The molecule has 5 heteroatoms. The van der Waals surface area contributed by atoms with Crippen LogP contribution >= 0.6 is 15.9 Å². The van der Waals surface area contributed by atoms with E-state index in [0.29, 0.717) is 36.0 Å². The van der Waals surface area contributed by atoms with Crippen molar-refractivity contribution in [3.8, 4) is 11.5 Å². The van der Waals surface area contributed by atoms with Gasteiger partial charge in [0.05, 0.1) is 0 Å². The third kappa shape index (κ3) is 3.93. The number of carbonyl (C=O) groups excluding carboxylic acids is 1. The average molecular weight is 374 g/mol. The first-order valence-corrected chi connectivity index (χ1v) is 8.06. The summed E-state index contributed by atoms with van der Waals surface area (Å²) in [6.07, 6.45) is 1.85. The molecular weight excluding hydrogens is 358 g/mol. The number of hydrogen-bond donors (Lipinski definition) is 1. The van der Waals surface area contributed by atoms with Gasteiger partial charge in [-0.3, -0.25) is 4.79 Å².